The first kappa shape index (κ1) is 14.4. The predicted molar refractivity (Wildman–Crippen MR) is 67.6 cm³/mol. The number of furan rings is 1. The number of benzene rings is 1. The third-order valence-corrected chi connectivity index (χ3v) is 3.01. The summed E-state index contributed by atoms with van der Waals surface area (Å²) in [5.41, 5.74) is 0.324. The van der Waals surface area contributed by atoms with Gasteiger partial charge in [0.2, 0.25) is 0 Å². The second-order valence-electron chi connectivity index (χ2n) is 4.41. The van der Waals surface area contributed by atoms with Gasteiger partial charge in [0.05, 0.1) is 17.4 Å². The van der Waals surface area contributed by atoms with Crippen molar-refractivity contribution in [1.82, 2.24) is 0 Å². The van der Waals surface area contributed by atoms with Crippen LogP contribution >= 0.6 is 0 Å². The van der Waals surface area contributed by atoms with Gasteiger partial charge in [0.1, 0.15) is 5.76 Å². The molecule has 0 aliphatic rings. The van der Waals surface area contributed by atoms with Crippen molar-refractivity contribution >= 4 is 5.78 Å². The monoisotopic (exact) mass is 282 g/mol. The molecule has 0 aliphatic heterocycles. The van der Waals surface area contributed by atoms with Gasteiger partial charge in [-0.15, -0.1) is 0 Å². The van der Waals surface area contributed by atoms with E-state index >= 15 is 0 Å². The Morgan fingerprint density at radius 2 is 1.80 bits per heavy atom. The summed E-state index contributed by atoms with van der Waals surface area (Å²) in [6.45, 7) is 1.87. The standard InChI is InChI=1S/C15H13F3O2/c1-2-14-12(7-8-20-14)13(19)9-10-3-5-11(6-4-10)15(16,17)18/h3-8H,2,9H2,1H3. The van der Waals surface area contributed by atoms with E-state index in [1.807, 2.05) is 6.92 Å². The minimum absolute atomic E-state index is 0.0602. The highest BCUT2D eigenvalue weighted by atomic mass is 19.4. The van der Waals surface area contributed by atoms with E-state index in [-0.39, 0.29) is 12.2 Å². The predicted octanol–water partition coefficient (Wildman–Crippen LogP) is 4.29. The first-order valence-corrected chi connectivity index (χ1v) is 6.17. The summed E-state index contributed by atoms with van der Waals surface area (Å²) in [4.78, 5) is 12.1. The number of carbonyl (C=O) groups excluding carboxylic acids is 1. The summed E-state index contributed by atoms with van der Waals surface area (Å²) >= 11 is 0. The molecule has 0 radical (unpaired) electrons. The van der Waals surface area contributed by atoms with Crippen molar-refractivity contribution in [1.29, 1.82) is 0 Å². The highest BCUT2D eigenvalue weighted by molar-refractivity contribution is 5.98. The van der Waals surface area contributed by atoms with Crippen molar-refractivity contribution < 1.29 is 22.4 Å². The third kappa shape index (κ3) is 3.10. The summed E-state index contributed by atoms with van der Waals surface area (Å²) in [7, 11) is 0. The van der Waals surface area contributed by atoms with Gasteiger partial charge in [0.15, 0.2) is 5.78 Å². The van der Waals surface area contributed by atoms with Crippen molar-refractivity contribution in [3.8, 4) is 0 Å². The van der Waals surface area contributed by atoms with E-state index < -0.39 is 11.7 Å². The van der Waals surface area contributed by atoms with Gasteiger partial charge in [-0.1, -0.05) is 19.1 Å². The zero-order chi connectivity index (χ0) is 14.8. The normalized spacial score (nSPS) is 11.6. The topological polar surface area (TPSA) is 30.2 Å². The Bertz CT molecular complexity index is 594. The Kier molecular flexibility index (Phi) is 3.97. The van der Waals surface area contributed by atoms with Gasteiger partial charge in [0.25, 0.3) is 0 Å². The minimum Gasteiger partial charge on any atom is -0.469 e. The summed E-state index contributed by atoms with van der Waals surface area (Å²) in [5.74, 6) is 0.442. The number of rotatable bonds is 4. The Labute approximate surface area is 114 Å². The van der Waals surface area contributed by atoms with Crippen LogP contribution in [0.4, 0.5) is 13.2 Å². The van der Waals surface area contributed by atoms with E-state index in [4.69, 9.17) is 4.42 Å². The molecule has 0 N–H and O–H groups in total. The van der Waals surface area contributed by atoms with Gasteiger partial charge in [-0.3, -0.25) is 4.79 Å². The maximum atomic E-state index is 12.4. The number of hydrogen-bond donors (Lipinski definition) is 0. The minimum atomic E-state index is -4.36. The fourth-order valence-electron chi connectivity index (χ4n) is 1.96. The molecule has 0 atom stereocenters. The molecule has 1 aromatic carbocycles. The van der Waals surface area contributed by atoms with E-state index in [2.05, 4.69) is 0 Å². The van der Waals surface area contributed by atoms with Gasteiger partial charge in [-0.25, -0.2) is 0 Å². The van der Waals surface area contributed by atoms with Crippen LogP contribution in [0.3, 0.4) is 0 Å². The number of carbonyl (C=O) groups is 1. The molecule has 2 nitrogen and oxygen atoms in total. The van der Waals surface area contributed by atoms with Gasteiger partial charge >= 0.3 is 6.18 Å². The SMILES string of the molecule is CCc1occc1C(=O)Cc1ccc(C(F)(F)F)cc1. The lowest BCUT2D eigenvalue weighted by Crippen LogP contribution is -2.07. The molecule has 5 heteroatoms. The smallest absolute Gasteiger partial charge is 0.416 e. The Balaban J connectivity index is 2.13. The van der Waals surface area contributed by atoms with Crippen LogP contribution in [0.1, 0.15) is 34.2 Å². The van der Waals surface area contributed by atoms with Crippen molar-refractivity contribution in [2.24, 2.45) is 0 Å². The third-order valence-electron chi connectivity index (χ3n) is 3.01. The van der Waals surface area contributed by atoms with Crippen LogP contribution in [-0.2, 0) is 19.0 Å². The molecule has 0 bridgehead atoms. The van der Waals surface area contributed by atoms with E-state index in [1.54, 1.807) is 6.07 Å². The highest BCUT2D eigenvalue weighted by Crippen LogP contribution is 2.29. The molecule has 0 aliphatic carbocycles. The molecule has 1 aromatic heterocycles. The fraction of sp³-hybridized carbons (Fsp3) is 0.267. The molecule has 2 rings (SSSR count). The molecule has 106 valence electrons. The van der Waals surface area contributed by atoms with Gasteiger partial charge in [-0.05, 0) is 23.8 Å². The van der Waals surface area contributed by atoms with Gasteiger partial charge in [-0.2, -0.15) is 13.2 Å². The fourth-order valence-corrected chi connectivity index (χ4v) is 1.96. The molecular formula is C15H13F3O2. The van der Waals surface area contributed by atoms with Crippen LogP contribution in [0.15, 0.2) is 41.0 Å². The molecule has 0 fully saturated rings. The van der Waals surface area contributed by atoms with Crippen LogP contribution < -0.4 is 0 Å². The van der Waals surface area contributed by atoms with Crippen LogP contribution in [0, 0.1) is 0 Å². The maximum Gasteiger partial charge on any atom is 0.416 e. The highest BCUT2D eigenvalue weighted by Gasteiger charge is 2.30. The van der Waals surface area contributed by atoms with E-state index in [0.29, 0.717) is 23.3 Å². The quantitative estimate of drug-likeness (QED) is 0.783. The Hall–Kier alpha value is -2.04. The number of aryl methyl sites for hydroxylation is 1. The largest absolute Gasteiger partial charge is 0.469 e. The Morgan fingerprint density at radius 1 is 1.15 bits per heavy atom. The maximum absolute atomic E-state index is 12.4. The molecule has 0 unspecified atom stereocenters. The summed E-state index contributed by atoms with van der Waals surface area (Å²) in [6, 6.07) is 6.21. The van der Waals surface area contributed by atoms with Crippen molar-refractivity contribution in [3.05, 3.63) is 59.0 Å². The average molecular weight is 282 g/mol. The zero-order valence-corrected chi connectivity index (χ0v) is 10.8. The molecule has 0 spiro atoms. The first-order valence-electron chi connectivity index (χ1n) is 6.17. The van der Waals surface area contributed by atoms with Crippen LogP contribution in [0.25, 0.3) is 0 Å². The number of ketones is 1. The van der Waals surface area contributed by atoms with Crippen LogP contribution in [0.2, 0.25) is 0 Å². The lowest BCUT2D eigenvalue weighted by Gasteiger charge is -2.07. The molecule has 20 heavy (non-hydrogen) atoms. The molecule has 1 heterocycles. The van der Waals surface area contributed by atoms with Crippen LogP contribution in [0.5, 0.6) is 0 Å². The average Bonchev–Trinajstić information content (AvgIpc) is 2.86. The zero-order valence-electron chi connectivity index (χ0n) is 10.8. The molecule has 2 aromatic rings. The lowest BCUT2D eigenvalue weighted by molar-refractivity contribution is -0.137. The molecule has 0 saturated heterocycles. The summed E-state index contributed by atoms with van der Waals surface area (Å²) < 4.78 is 42.4. The molecular weight excluding hydrogens is 269 g/mol. The number of Topliss-reactive ketones (excluding diaryl/α,β-unsaturated/α-hetero) is 1. The van der Waals surface area contributed by atoms with E-state index in [9.17, 15) is 18.0 Å². The summed E-state index contributed by atoms with van der Waals surface area (Å²) in [5, 5.41) is 0. The second-order valence-corrected chi connectivity index (χ2v) is 4.41. The Morgan fingerprint density at radius 3 is 2.35 bits per heavy atom. The summed E-state index contributed by atoms with van der Waals surface area (Å²) in [6.07, 6.45) is -2.26. The van der Waals surface area contributed by atoms with Crippen molar-refractivity contribution in [2.75, 3.05) is 0 Å². The van der Waals surface area contributed by atoms with Crippen molar-refractivity contribution in [3.63, 3.8) is 0 Å². The first-order chi connectivity index (χ1) is 9.41. The second kappa shape index (κ2) is 5.53. The lowest BCUT2D eigenvalue weighted by atomic mass is 10.0. The van der Waals surface area contributed by atoms with Gasteiger partial charge < -0.3 is 4.42 Å². The van der Waals surface area contributed by atoms with E-state index in [0.717, 1.165) is 12.1 Å². The number of halogens is 3. The van der Waals surface area contributed by atoms with E-state index in [1.165, 1.54) is 18.4 Å². The number of alkyl halides is 3. The molecule has 0 saturated carbocycles. The van der Waals surface area contributed by atoms with Gasteiger partial charge in [0, 0.05) is 12.8 Å². The number of hydrogen-bond acceptors (Lipinski definition) is 2. The molecule has 0 amide bonds. The van der Waals surface area contributed by atoms with Crippen LogP contribution in [-0.4, -0.2) is 5.78 Å². The van der Waals surface area contributed by atoms with Crippen molar-refractivity contribution in [2.45, 2.75) is 25.9 Å².